The summed E-state index contributed by atoms with van der Waals surface area (Å²) in [5, 5.41) is 0. The number of hydrogen-bond acceptors (Lipinski definition) is 3. The van der Waals surface area contributed by atoms with Gasteiger partial charge in [-0.05, 0) is 56.8 Å². The van der Waals surface area contributed by atoms with Gasteiger partial charge in [-0.25, -0.2) is 0 Å². The van der Waals surface area contributed by atoms with E-state index >= 15 is 0 Å². The van der Waals surface area contributed by atoms with Gasteiger partial charge in [-0.2, -0.15) is 0 Å². The maximum Gasteiger partial charge on any atom is 0.188 e. The van der Waals surface area contributed by atoms with E-state index in [-0.39, 0.29) is 0 Å². The topological polar surface area (TPSA) is 27.7 Å². The quantitative estimate of drug-likeness (QED) is 0.318. The number of hydrogen-bond donors (Lipinski definition) is 0. The molecule has 19 heavy (non-hydrogen) atoms. The molecule has 4 unspecified atom stereocenters. The van der Waals surface area contributed by atoms with E-state index in [1.807, 2.05) is 13.8 Å². The van der Waals surface area contributed by atoms with Crippen molar-refractivity contribution in [2.75, 3.05) is 13.4 Å². The Hall–Kier alpha value is -0.960. The summed E-state index contributed by atoms with van der Waals surface area (Å²) in [4.78, 5) is 0. The molecule has 2 bridgehead atoms. The van der Waals surface area contributed by atoms with Gasteiger partial charge in [0.1, 0.15) is 12.0 Å². The third kappa shape index (κ3) is 2.66. The highest BCUT2D eigenvalue weighted by atomic mass is 16.7. The van der Waals surface area contributed by atoms with Crippen LogP contribution in [0.3, 0.4) is 0 Å². The summed E-state index contributed by atoms with van der Waals surface area (Å²) in [6.07, 6.45) is 10.7. The van der Waals surface area contributed by atoms with Gasteiger partial charge in [0.2, 0.25) is 0 Å². The van der Waals surface area contributed by atoms with Gasteiger partial charge in [-0.3, -0.25) is 0 Å². The van der Waals surface area contributed by atoms with Crippen molar-refractivity contribution in [3.05, 3.63) is 24.2 Å². The lowest BCUT2D eigenvalue weighted by Crippen LogP contribution is -2.12. The van der Waals surface area contributed by atoms with Gasteiger partial charge in [0, 0.05) is 0 Å². The highest BCUT2D eigenvalue weighted by Gasteiger charge is 2.49. The fourth-order valence-corrected chi connectivity index (χ4v) is 4.11. The molecule has 0 N–H and O–H groups in total. The highest BCUT2D eigenvalue weighted by molar-refractivity contribution is 5.16. The first-order valence-electron chi connectivity index (χ1n) is 7.49. The zero-order valence-electron chi connectivity index (χ0n) is 11.9. The molecule has 3 rings (SSSR count). The SMILES string of the molecule is CCOC(C)=COCOC1CC2C3C=CC(C3)C2C1. The maximum absolute atomic E-state index is 5.84. The molecule has 3 aliphatic carbocycles. The molecule has 3 aliphatic rings. The van der Waals surface area contributed by atoms with Crippen molar-refractivity contribution in [1.82, 2.24) is 0 Å². The molecule has 0 aliphatic heterocycles. The largest absolute Gasteiger partial charge is 0.495 e. The normalized spacial score (nSPS) is 39.7. The van der Waals surface area contributed by atoms with Crippen LogP contribution in [-0.4, -0.2) is 19.5 Å². The van der Waals surface area contributed by atoms with Crippen LogP contribution in [0, 0.1) is 23.7 Å². The van der Waals surface area contributed by atoms with Crippen molar-refractivity contribution >= 4 is 0 Å². The molecule has 0 saturated heterocycles. The first-order valence-corrected chi connectivity index (χ1v) is 7.49. The molecule has 0 radical (unpaired) electrons. The van der Waals surface area contributed by atoms with Crippen molar-refractivity contribution in [3.8, 4) is 0 Å². The molecule has 0 aromatic heterocycles. The Bertz CT molecular complexity index is 354. The van der Waals surface area contributed by atoms with Crippen molar-refractivity contribution in [3.63, 3.8) is 0 Å². The highest BCUT2D eigenvalue weighted by Crippen LogP contribution is 2.55. The molecule has 4 atom stereocenters. The summed E-state index contributed by atoms with van der Waals surface area (Å²) in [5.74, 6) is 4.23. The minimum atomic E-state index is 0.345. The van der Waals surface area contributed by atoms with Gasteiger partial charge in [0.25, 0.3) is 0 Å². The van der Waals surface area contributed by atoms with Crippen LogP contribution >= 0.6 is 0 Å². The van der Waals surface area contributed by atoms with E-state index in [0.29, 0.717) is 19.5 Å². The summed E-state index contributed by atoms with van der Waals surface area (Å²) >= 11 is 0. The van der Waals surface area contributed by atoms with Crippen LogP contribution < -0.4 is 0 Å². The van der Waals surface area contributed by atoms with Crippen LogP contribution in [-0.2, 0) is 14.2 Å². The Morgan fingerprint density at radius 3 is 2.47 bits per heavy atom. The number of ether oxygens (including phenoxy) is 3. The lowest BCUT2D eigenvalue weighted by Gasteiger charge is -2.18. The van der Waals surface area contributed by atoms with Crippen LogP contribution in [0.5, 0.6) is 0 Å². The van der Waals surface area contributed by atoms with E-state index in [0.717, 1.165) is 29.4 Å². The third-order valence-electron chi connectivity index (χ3n) is 4.86. The summed E-state index contributed by atoms with van der Waals surface area (Å²) < 4.78 is 16.5. The maximum atomic E-state index is 5.84. The lowest BCUT2D eigenvalue weighted by atomic mass is 9.86. The molecular weight excluding hydrogens is 240 g/mol. The van der Waals surface area contributed by atoms with Crippen LogP contribution in [0.2, 0.25) is 0 Å². The second-order valence-electron chi connectivity index (χ2n) is 5.98. The van der Waals surface area contributed by atoms with Crippen LogP contribution in [0.25, 0.3) is 0 Å². The molecule has 0 spiro atoms. The molecule has 0 amide bonds. The van der Waals surface area contributed by atoms with E-state index in [1.165, 1.54) is 19.3 Å². The number of fused-ring (bicyclic) bond motifs is 5. The predicted octanol–water partition coefficient (Wildman–Crippen LogP) is 3.48. The molecular formula is C16H24O3. The average Bonchev–Trinajstić information content (AvgIpc) is 3.06. The number of allylic oxidation sites excluding steroid dienone is 3. The number of rotatable bonds is 6. The molecule has 3 heteroatoms. The Labute approximate surface area is 115 Å². The van der Waals surface area contributed by atoms with Crippen LogP contribution in [0.15, 0.2) is 24.2 Å². The second kappa shape index (κ2) is 5.58. The van der Waals surface area contributed by atoms with E-state index in [1.54, 1.807) is 6.26 Å². The lowest BCUT2D eigenvalue weighted by molar-refractivity contribution is -0.0594. The van der Waals surface area contributed by atoms with E-state index < -0.39 is 0 Å². The fraction of sp³-hybridized carbons (Fsp3) is 0.750. The Kier molecular flexibility index (Phi) is 3.83. The summed E-state index contributed by atoms with van der Waals surface area (Å²) in [6.45, 7) is 4.88. The van der Waals surface area contributed by atoms with Crippen molar-refractivity contribution < 1.29 is 14.2 Å². The second-order valence-corrected chi connectivity index (χ2v) is 5.98. The van der Waals surface area contributed by atoms with Gasteiger partial charge in [0.05, 0.1) is 12.7 Å². The zero-order valence-corrected chi connectivity index (χ0v) is 11.9. The van der Waals surface area contributed by atoms with Crippen molar-refractivity contribution in [1.29, 1.82) is 0 Å². The standard InChI is InChI=1S/C16H24O3/c1-3-18-11(2)9-17-10-19-14-7-15-12-4-5-13(6-12)16(15)8-14/h4-5,9,12-16H,3,6-8,10H2,1-2H3. The average molecular weight is 264 g/mol. The first kappa shape index (κ1) is 13.0. The summed E-state index contributed by atoms with van der Waals surface area (Å²) in [6, 6.07) is 0. The Morgan fingerprint density at radius 2 is 1.84 bits per heavy atom. The molecule has 2 fully saturated rings. The molecule has 3 nitrogen and oxygen atoms in total. The minimum Gasteiger partial charge on any atom is -0.495 e. The predicted molar refractivity (Wildman–Crippen MR) is 73.2 cm³/mol. The van der Waals surface area contributed by atoms with Crippen molar-refractivity contribution in [2.24, 2.45) is 23.7 Å². The van der Waals surface area contributed by atoms with Gasteiger partial charge < -0.3 is 14.2 Å². The Balaban J connectivity index is 1.38. The fourth-order valence-electron chi connectivity index (χ4n) is 4.11. The monoisotopic (exact) mass is 264 g/mol. The minimum absolute atomic E-state index is 0.345. The molecule has 2 saturated carbocycles. The molecule has 106 valence electrons. The van der Waals surface area contributed by atoms with E-state index in [9.17, 15) is 0 Å². The zero-order chi connectivity index (χ0) is 13.2. The molecule has 0 heterocycles. The van der Waals surface area contributed by atoms with Gasteiger partial charge in [0.15, 0.2) is 6.79 Å². The third-order valence-corrected chi connectivity index (χ3v) is 4.86. The van der Waals surface area contributed by atoms with Crippen LogP contribution in [0.4, 0.5) is 0 Å². The molecule has 0 aromatic rings. The van der Waals surface area contributed by atoms with Crippen molar-refractivity contribution in [2.45, 2.75) is 39.2 Å². The van der Waals surface area contributed by atoms with Gasteiger partial charge >= 0.3 is 0 Å². The van der Waals surface area contributed by atoms with E-state index in [4.69, 9.17) is 14.2 Å². The van der Waals surface area contributed by atoms with Gasteiger partial charge in [-0.15, -0.1) is 0 Å². The van der Waals surface area contributed by atoms with Gasteiger partial charge in [-0.1, -0.05) is 12.2 Å². The Morgan fingerprint density at radius 1 is 1.16 bits per heavy atom. The first-order chi connectivity index (χ1) is 9.28. The smallest absolute Gasteiger partial charge is 0.188 e. The van der Waals surface area contributed by atoms with Crippen LogP contribution in [0.1, 0.15) is 33.1 Å². The van der Waals surface area contributed by atoms with E-state index in [2.05, 4.69) is 12.2 Å². The summed E-state index contributed by atoms with van der Waals surface area (Å²) in [7, 11) is 0. The molecule has 0 aromatic carbocycles. The summed E-state index contributed by atoms with van der Waals surface area (Å²) in [5.41, 5.74) is 0.